The average Bonchev–Trinajstić information content (AvgIpc) is 3.05. The van der Waals surface area contributed by atoms with Gasteiger partial charge in [-0.05, 0) is 44.5 Å². The van der Waals surface area contributed by atoms with E-state index in [1.54, 1.807) is 18.6 Å². The third-order valence-corrected chi connectivity index (χ3v) is 4.98. The number of piperidine rings is 1. The van der Waals surface area contributed by atoms with Crippen LogP contribution in [0, 0.1) is 5.92 Å². The molecule has 0 bridgehead atoms. The Morgan fingerprint density at radius 1 is 1.38 bits per heavy atom. The maximum Gasteiger partial charge on any atom is 0.265 e. The monoisotopic (exact) mass is 388 g/mol. The molecule has 0 aliphatic carbocycles. The van der Waals surface area contributed by atoms with E-state index in [0.29, 0.717) is 5.92 Å². The van der Waals surface area contributed by atoms with E-state index < -0.39 is 0 Å². The van der Waals surface area contributed by atoms with Gasteiger partial charge in [0.15, 0.2) is 0 Å². The lowest BCUT2D eigenvalue weighted by Gasteiger charge is -2.32. The normalized spacial score (nSPS) is 16.9. The molecule has 1 N–H and O–H groups in total. The fraction of sp³-hybridized carbons (Fsp3) is 0.438. The Balaban J connectivity index is 0.00000144. The maximum absolute atomic E-state index is 12.7. The molecule has 3 rings (SSSR count). The first-order chi connectivity index (χ1) is 10.8. The maximum atomic E-state index is 12.7. The van der Waals surface area contributed by atoms with E-state index >= 15 is 0 Å². The first kappa shape index (κ1) is 20.8. The largest absolute Gasteiger partial charge is 0.338 e. The van der Waals surface area contributed by atoms with Gasteiger partial charge in [0.1, 0.15) is 9.88 Å². The second-order valence-corrected chi connectivity index (χ2v) is 6.61. The standard InChI is InChI=1S/C16H20N4OS.2ClH/c1-17-9-12-3-2-8-20(11-12)16(21)14-10-19-15(22-14)13-4-6-18-7-5-13;;/h4-7,10,12,17H,2-3,8-9,11H2,1H3;2*1H. The number of halogens is 2. The average molecular weight is 389 g/mol. The van der Waals surface area contributed by atoms with Crippen molar-refractivity contribution in [2.75, 3.05) is 26.7 Å². The number of thiazole rings is 1. The second kappa shape index (κ2) is 9.93. The van der Waals surface area contributed by atoms with Crippen molar-refractivity contribution in [2.24, 2.45) is 5.92 Å². The molecule has 5 nitrogen and oxygen atoms in total. The van der Waals surface area contributed by atoms with Gasteiger partial charge in [-0.15, -0.1) is 36.2 Å². The van der Waals surface area contributed by atoms with Crippen molar-refractivity contribution in [1.82, 2.24) is 20.2 Å². The highest BCUT2D eigenvalue weighted by atomic mass is 35.5. The number of aromatic nitrogens is 2. The lowest BCUT2D eigenvalue weighted by molar-refractivity contribution is 0.0679. The van der Waals surface area contributed by atoms with Crippen molar-refractivity contribution in [2.45, 2.75) is 12.8 Å². The van der Waals surface area contributed by atoms with Crippen LogP contribution in [0.2, 0.25) is 0 Å². The molecule has 1 fully saturated rings. The number of nitrogens with zero attached hydrogens (tertiary/aromatic N) is 3. The van der Waals surface area contributed by atoms with E-state index in [0.717, 1.165) is 41.5 Å². The van der Waals surface area contributed by atoms with Gasteiger partial charge in [0.25, 0.3) is 5.91 Å². The molecule has 132 valence electrons. The van der Waals surface area contributed by atoms with Crippen LogP contribution in [0.25, 0.3) is 10.6 Å². The van der Waals surface area contributed by atoms with E-state index in [2.05, 4.69) is 15.3 Å². The van der Waals surface area contributed by atoms with Crippen molar-refractivity contribution in [3.8, 4) is 10.6 Å². The number of likely N-dealkylation sites (tertiary alicyclic amines) is 1. The van der Waals surface area contributed by atoms with Gasteiger partial charge in [-0.3, -0.25) is 9.78 Å². The zero-order chi connectivity index (χ0) is 15.4. The molecule has 0 spiro atoms. The number of carbonyl (C=O) groups is 1. The van der Waals surface area contributed by atoms with Gasteiger partial charge < -0.3 is 10.2 Å². The van der Waals surface area contributed by atoms with Gasteiger partial charge in [0.05, 0.1) is 6.20 Å². The number of rotatable bonds is 4. The molecule has 0 saturated carbocycles. The van der Waals surface area contributed by atoms with Crippen molar-refractivity contribution in [3.63, 3.8) is 0 Å². The molecular weight excluding hydrogens is 367 g/mol. The molecule has 3 heterocycles. The Morgan fingerprint density at radius 3 is 2.83 bits per heavy atom. The van der Waals surface area contributed by atoms with Gasteiger partial charge in [0, 0.05) is 31.0 Å². The molecule has 1 atom stereocenters. The highest BCUT2D eigenvalue weighted by Crippen LogP contribution is 2.26. The summed E-state index contributed by atoms with van der Waals surface area (Å²) in [6.07, 6.45) is 7.45. The fourth-order valence-electron chi connectivity index (χ4n) is 2.86. The summed E-state index contributed by atoms with van der Waals surface area (Å²) in [4.78, 5) is 23.7. The van der Waals surface area contributed by atoms with Crippen LogP contribution in [0.1, 0.15) is 22.5 Å². The Kier molecular flexibility index (Phi) is 8.62. The van der Waals surface area contributed by atoms with Crippen molar-refractivity contribution >= 4 is 42.1 Å². The molecule has 2 aromatic heterocycles. The topological polar surface area (TPSA) is 58.1 Å². The minimum atomic E-state index is 0. The molecule has 0 aromatic carbocycles. The summed E-state index contributed by atoms with van der Waals surface area (Å²) in [7, 11) is 1.96. The minimum absolute atomic E-state index is 0. The molecule has 1 unspecified atom stereocenters. The van der Waals surface area contributed by atoms with Crippen molar-refractivity contribution in [3.05, 3.63) is 35.6 Å². The lowest BCUT2D eigenvalue weighted by Crippen LogP contribution is -2.42. The van der Waals surface area contributed by atoms with Crippen molar-refractivity contribution in [1.29, 1.82) is 0 Å². The van der Waals surface area contributed by atoms with Crippen molar-refractivity contribution < 1.29 is 4.79 Å². The summed E-state index contributed by atoms with van der Waals surface area (Å²) in [6.45, 7) is 2.65. The van der Waals surface area contributed by atoms with Gasteiger partial charge >= 0.3 is 0 Å². The summed E-state index contributed by atoms with van der Waals surface area (Å²) < 4.78 is 0. The van der Waals surface area contributed by atoms with E-state index in [9.17, 15) is 4.79 Å². The Bertz CT molecular complexity index is 636. The molecule has 0 radical (unpaired) electrons. The van der Waals surface area contributed by atoms with E-state index in [1.165, 1.54) is 17.8 Å². The summed E-state index contributed by atoms with van der Waals surface area (Å²) in [6, 6.07) is 3.83. The lowest BCUT2D eigenvalue weighted by atomic mass is 9.98. The van der Waals surface area contributed by atoms with E-state index in [1.807, 2.05) is 24.1 Å². The van der Waals surface area contributed by atoms with E-state index in [4.69, 9.17) is 0 Å². The number of carbonyl (C=O) groups excluding carboxylic acids is 1. The predicted molar refractivity (Wildman–Crippen MR) is 102 cm³/mol. The smallest absolute Gasteiger partial charge is 0.265 e. The Morgan fingerprint density at radius 2 is 2.12 bits per heavy atom. The fourth-order valence-corrected chi connectivity index (χ4v) is 3.75. The molecule has 24 heavy (non-hydrogen) atoms. The van der Waals surface area contributed by atoms with E-state index in [-0.39, 0.29) is 30.7 Å². The summed E-state index contributed by atoms with van der Waals surface area (Å²) >= 11 is 1.46. The predicted octanol–water partition coefficient (Wildman–Crippen LogP) is 3.12. The molecule has 1 amide bonds. The van der Waals surface area contributed by atoms with Crippen LogP contribution >= 0.6 is 36.2 Å². The molecule has 1 aliphatic heterocycles. The molecule has 1 saturated heterocycles. The first-order valence-corrected chi connectivity index (χ1v) is 8.39. The minimum Gasteiger partial charge on any atom is -0.338 e. The van der Waals surface area contributed by atoms with Crippen LogP contribution in [0.4, 0.5) is 0 Å². The first-order valence-electron chi connectivity index (χ1n) is 7.58. The molecule has 1 aliphatic rings. The highest BCUT2D eigenvalue weighted by molar-refractivity contribution is 7.16. The van der Waals surface area contributed by atoms with Crippen LogP contribution in [-0.2, 0) is 0 Å². The molecule has 2 aromatic rings. The Hall–Kier alpha value is -1.21. The third kappa shape index (κ3) is 4.89. The number of hydrogen-bond donors (Lipinski definition) is 1. The van der Waals surface area contributed by atoms with Gasteiger partial charge in [-0.1, -0.05) is 0 Å². The summed E-state index contributed by atoms with van der Waals surface area (Å²) in [5.41, 5.74) is 1.01. The van der Waals surface area contributed by atoms with Gasteiger partial charge in [-0.2, -0.15) is 0 Å². The van der Waals surface area contributed by atoms with Gasteiger partial charge in [-0.25, -0.2) is 4.98 Å². The third-order valence-electron chi connectivity index (χ3n) is 3.94. The molecular formula is C16H22Cl2N4OS. The highest BCUT2D eigenvalue weighted by Gasteiger charge is 2.25. The SMILES string of the molecule is CNCC1CCCN(C(=O)c2cnc(-c3ccncc3)s2)C1.Cl.Cl. The van der Waals surface area contributed by atoms with Crippen LogP contribution in [0.3, 0.4) is 0 Å². The Labute approximate surface area is 158 Å². The zero-order valence-corrected chi connectivity index (χ0v) is 15.9. The van der Waals surface area contributed by atoms with Gasteiger partial charge in [0.2, 0.25) is 0 Å². The zero-order valence-electron chi connectivity index (χ0n) is 13.5. The number of amides is 1. The summed E-state index contributed by atoms with van der Waals surface area (Å²) in [5, 5.41) is 4.08. The summed E-state index contributed by atoms with van der Waals surface area (Å²) in [5.74, 6) is 0.661. The number of pyridine rings is 1. The quantitative estimate of drug-likeness (QED) is 0.873. The van der Waals surface area contributed by atoms with Crippen LogP contribution in [0.15, 0.2) is 30.7 Å². The van der Waals surface area contributed by atoms with Crippen LogP contribution < -0.4 is 5.32 Å². The molecule has 8 heteroatoms. The second-order valence-electron chi connectivity index (χ2n) is 5.58. The number of hydrogen-bond acceptors (Lipinski definition) is 5. The van der Waals surface area contributed by atoms with Crippen LogP contribution in [-0.4, -0.2) is 47.5 Å². The van der Waals surface area contributed by atoms with Crippen LogP contribution in [0.5, 0.6) is 0 Å². The number of nitrogens with one attached hydrogen (secondary N) is 1.